The zero-order valence-corrected chi connectivity index (χ0v) is 10.0. The molecule has 1 amide bonds. The maximum Gasteiger partial charge on any atom is 0.275 e. The van der Waals surface area contributed by atoms with Crippen LogP contribution < -0.4 is 5.32 Å². The van der Waals surface area contributed by atoms with Crippen molar-refractivity contribution in [1.82, 2.24) is 9.97 Å². The predicted molar refractivity (Wildman–Crippen MR) is 66.4 cm³/mol. The van der Waals surface area contributed by atoms with E-state index in [1.54, 1.807) is 18.2 Å². The molecule has 0 bridgehead atoms. The largest absolute Gasteiger partial charge is 0.304 e. The van der Waals surface area contributed by atoms with Gasteiger partial charge in [0.25, 0.3) is 5.91 Å². The molecule has 2 rings (SSSR count). The van der Waals surface area contributed by atoms with E-state index in [1.165, 1.54) is 18.5 Å². The lowest BCUT2D eigenvalue weighted by molar-refractivity contribution is 0.102. The van der Waals surface area contributed by atoms with Crippen LogP contribution in [0.25, 0.3) is 0 Å². The topological polar surface area (TPSA) is 54.9 Å². The highest BCUT2D eigenvalue weighted by atomic mass is 35.5. The van der Waals surface area contributed by atoms with Crippen molar-refractivity contribution >= 4 is 34.9 Å². The van der Waals surface area contributed by atoms with E-state index in [1.807, 2.05) is 0 Å². The molecule has 4 nitrogen and oxygen atoms in total. The second kappa shape index (κ2) is 5.12. The Bertz CT molecular complexity index is 560. The molecule has 2 aromatic heterocycles. The lowest BCUT2D eigenvalue weighted by Crippen LogP contribution is -2.14. The summed E-state index contributed by atoms with van der Waals surface area (Å²) in [5, 5.41) is 3.36. The first-order valence-electron chi connectivity index (χ1n) is 4.70. The Morgan fingerprint density at radius 2 is 2.00 bits per heavy atom. The third-order valence-corrected chi connectivity index (χ3v) is 2.49. The van der Waals surface area contributed by atoms with Gasteiger partial charge in [0, 0.05) is 17.4 Å². The fraction of sp³-hybridized carbons (Fsp3) is 0. The van der Waals surface area contributed by atoms with Crippen LogP contribution in [0, 0.1) is 0 Å². The Labute approximate surface area is 108 Å². The predicted octanol–water partition coefficient (Wildman–Crippen LogP) is 3.04. The maximum absolute atomic E-state index is 11.8. The number of hydrogen-bond acceptors (Lipinski definition) is 3. The van der Waals surface area contributed by atoms with Gasteiger partial charge in [-0.1, -0.05) is 23.2 Å². The van der Waals surface area contributed by atoms with Gasteiger partial charge in [0.05, 0.1) is 5.02 Å². The fourth-order valence-electron chi connectivity index (χ4n) is 1.18. The van der Waals surface area contributed by atoms with Crippen LogP contribution in [-0.4, -0.2) is 15.9 Å². The van der Waals surface area contributed by atoms with Crippen LogP contribution in [0.3, 0.4) is 0 Å². The van der Waals surface area contributed by atoms with Gasteiger partial charge < -0.3 is 5.32 Å². The van der Waals surface area contributed by atoms with E-state index in [0.717, 1.165) is 0 Å². The Morgan fingerprint density at radius 3 is 2.71 bits per heavy atom. The van der Waals surface area contributed by atoms with Crippen molar-refractivity contribution in [1.29, 1.82) is 0 Å². The second-order valence-electron chi connectivity index (χ2n) is 3.15. The first kappa shape index (κ1) is 11.8. The third-order valence-electron chi connectivity index (χ3n) is 1.95. The Morgan fingerprint density at radius 1 is 1.18 bits per heavy atom. The van der Waals surface area contributed by atoms with Crippen molar-refractivity contribution in [3.05, 3.63) is 52.4 Å². The molecule has 0 aliphatic rings. The van der Waals surface area contributed by atoms with E-state index in [4.69, 9.17) is 23.2 Å². The Kier molecular flexibility index (Phi) is 3.56. The summed E-state index contributed by atoms with van der Waals surface area (Å²) in [6.45, 7) is 0. The van der Waals surface area contributed by atoms with E-state index < -0.39 is 5.91 Å². The summed E-state index contributed by atoms with van der Waals surface area (Å²) >= 11 is 11.6. The molecule has 2 heterocycles. The SMILES string of the molecule is O=C(Nc1ncccc1Cl)c1cc(Cl)ccn1. The van der Waals surface area contributed by atoms with Gasteiger partial charge in [-0.25, -0.2) is 4.98 Å². The van der Waals surface area contributed by atoms with Crippen LogP contribution in [-0.2, 0) is 0 Å². The third kappa shape index (κ3) is 2.93. The van der Waals surface area contributed by atoms with Gasteiger partial charge in [-0.2, -0.15) is 0 Å². The molecule has 6 heteroatoms. The summed E-state index contributed by atoms with van der Waals surface area (Å²) in [7, 11) is 0. The van der Waals surface area contributed by atoms with E-state index in [9.17, 15) is 4.79 Å². The lowest BCUT2D eigenvalue weighted by Gasteiger charge is -2.05. The molecule has 17 heavy (non-hydrogen) atoms. The van der Waals surface area contributed by atoms with Crippen LogP contribution in [0.1, 0.15) is 10.5 Å². The van der Waals surface area contributed by atoms with Crippen molar-refractivity contribution in [2.75, 3.05) is 5.32 Å². The first-order chi connectivity index (χ1) is 8.16. The fourth-order valence-corrected chi connectivity index (χ4v) is 1.51. The molecule has 86 valence electrons. The first-order valence-corrected chi connectivity index (χ1v) is 5.46. The van der Waals surface area contributed by atoms with Crippen LogP contribution in [0.2, 0.25) is 10.0 Å². The summed E-state index contributed by atoms with van der Waals surface area (Å²) < 4.78 is 0. The monoisotopic (exact) mass is 267 g/mol. The standard InChI is InChI=1S/C11H7Cl2N3O/c12-7-3-5-14-9(6-7)11(17)16-10-8(13)2-1-4-15-10/h1-6H,(H,15,16,17). The minimum Gasteiger partial charge on any atom is -0.304 e. The number of nitrogens with zero attached hydrogens (tertiary/aromatic N) is 2. The molecule has 1 N–H and O–H groups in total. The summed E-state index contributed by atoms with van der Waals surface area (Å²) in [5.41, 5.74) is 0.208. The van der Waals surface area contributed by atoms with Crippen LogP contribution >= 0.6 is 23.2 Å². The number of nitrogens with one attached hydrogen (secondary N) is 1. The average Bonchev–Trinajstić information content (AvgIpc) is 2.32. The van der Waals surface area contributed by atoms with E-state index in [-0.39, 0.29) is 5.69 Å². The summed E-state index contributed by atoms with van der Waals surface area (Å²) in [4.78, 5) is 19.6. The number of anilines is 1. The molecule has 0 saturated heterocycles. The number of amides is 1. The van der Waals surface area contributed by atoms with Crippen LogP contribution in [0.5, 0.6) is 0 Å². The quantitative estimate of drug-likeness (QED) is 0.910. The molecule has 0 aliphatic carbocycles. The highest BCUT2D eigenvalue weighted by Crippen LogP contribution is 2.18. The normalized spacial score (nSPS) is 10.0. The van der Waals surface area contributed by atoms with Gasteiger partial charge in [0.1, 0.15) is 5.69 Å². The Hall–Kier alpha value is -1.65. The minimum atomic E-state index is -0.409. The zero-order chi connectivity index (χ0) is 12.3. The number of carbonyl (C=O) groups excluding carboxylic acids is 1. The molecular weight excluding hydrogens is 261 g/mol. The molecule has 0 fully saturated rings. The van der Waals surface area contributed by atoms with Crippen molar-refractivity contribution < 1.29 is 4.79 Å². The molecular formula is C11H7Cl2N3O. The molecule has 0 unspecified atom stereocenters. The van der Waals surface area contributed by atoms with Gasteiger partial charge in [0.15, 0.2) is 5.82 Å². The Balaban J connectivity index is 2.20. The van der Waals surface area contributed by atoms with E-state index >= 15 is 0 Å². The van der Waals surface area contributed by atoms with Crippen molar-refractivity contribution in [3.8, 4) is 0 Å². The summed E-state index contributed by atoms with van der Waals surface area (Å²) in [6.07, 6.45) is 2.99. The highest BCUT2D eigenvalue weighted by molar-refractivity contribution is 6.33. The van der Waals surface area contributed by atoms with Crippen molar-refractivity contribution in [2.45, 2.75) is 0 Å². The molecule has 0 radical (unpaired) electrons. The molecule has 2 aromatic rings. The van der Waals surface area contributed by atoms with Gasteiger partial charge in [-0.3, -0.25) is 9.78 Å². The van der Waals surface area contributed by atoms with E-state index in [2.05, 4.69) is 15.3 Å². The molecule has 0 spiro atoms. The van der Waals surface area contributed by atoms with Crippen molar-refractivity contribution in [2.24, 2.45) is 0 Å². The number of aromatic nitrogens is 2. The molecule has 0 aromatic carbocycles. The number of halogens is 2. The average molecular weight is 268 g/mol. The van der Waals surface area contributed by atoms with Crippen LogP contribution in [0.15, 0.2) is 36.7 Å². The van der Waals surface area contributed by atoms with Gasteiger partial charge in [-0.05, 0) is 24.3 Å². The number of rotatable bonds is 2. The van der Waals surface area contributed by atoms with Gasteiger partial charge in [0.2, 0.25) is 0 Å². The summed E-state index contributed by atoms with van der Waals surface area (Å²) in [5.74, 6) is -0.117. The highest BCUT2D eigenvalue weighted by Gasteiger charge is 2.10. The maximum atomic E-state index is 11.8. The number of hydrogen-bond donors (Lipinski definition) is 1. The zero-order valence-electron chi connectivity index (χ0n) is 8.52. The minimum absolute atomic E-state index is 0.208. The second-order valence-corrected chi connectivity index (χ2v) is 3.99. The molecule has 0 saturated carbocycles. The van der Waals surface area contributed by atoms with Gasteiger partial charge in [-0.15, -0.1) is 0 Å². The van der Waals surface area contributed by atoms with Crippen LogP contribution in [0.4, 0.5) is 5.82 Å². The number of pyridine rings is 2. The van der Waals surface area contributed by atoms with Gasteiger partial charge >= 0.3 is 0 Å². The smallest absolute Gasteiger partial charge is 0.275 e. The number of carbonyl (C=O) groups is 1. The van der Waals surface area contributed by atoms with E-state index in [0.29, 0.717) is 15.9 Å². The molecule has 0 aliphatic heterocycles. The van der Waals surface area contributed by atoms with Crippen molar-refractivity contribution in [3.63, 3.8) is 0 Å². The molecule has 0 atom stereocenters. The summed E-state index contributed by atoms with van der Waals surface area (Å²) in [6, 6.07) is 6.37. The lowest BCUT2D eigenvalue weighted by atomic mass is 10.3.